The zero-order valence-electron chi connectivity index (χ0n) is 11.9. The van der Waals surface area contributed by atoms with Crippen molar-refractivity contribution in [3.63, 3.8) is 0 Å². The second-order valence-electron chi connectivity index (χ2n) is 5.82. The van der Waals surface area contributed by atoms with Crippen LogP contribution >= 0.6 is 34.5 Å². The molecule has 0 aliphatic rings. The summed E-state index contributed by atoms with van der Waals surface area (Å²) in [6, 6.07) is 4.72. The molecule has 0 fully saturated rings. The first kappa shape index (κ1) is 16.2. The average molecular weight is 344 g/mol. The van der Waals surface area contributed by atoms with Crippen molar-refractivity contribution in [2.75, 3.05) is 5.32 Å². The summed E-state index contributed by atoms with van der Waals surface area (Å²) in [5.41, 5.74) is 0.557. The van der Waals surface area contributed by atoms with E-state index in [2.05, 4.69) is 36.3 Å². The van der Waals surface area contributed by atoms with Gasteiger partial charge in [-0.3, -0.25) is 10.1 Å². The number of rotatable bonds is 3. The summed E-state index contributed by atoms with van der Waals surface area (Å²) in [4.78, 5) is 12.1. The quantitative estimate of drug-likeness (QED) is 0.879. The summed E-state index contributed by atoms with van der Waals surface area (Å²) in [5.74, 6) is -0.285. The molecule has 0 radical (unpaired) electrons. The molecule has 7 heteroatoms. The number of carbonyl (C=O) groups excluding carboxylic acids is 1. The van der Waals surface area contributed by atoms with Crippen LogP contribution in [0.2, 0.25) is 10.0 Å². The lowest BCUT2D eigenvalue weighted by molar-refractivity contribution is 0.102. The van der Waals surface area contributed by atoms with Gasteiger partial charge < -0.3 is 0 Å². The molecular formula is C14H15Cl2N3OS. The van der Waals surface area contributed by atoms with E-state index in [1.807, 2.05) is 0 Å². The lowest BCUT2D eigenvalue weighted by Crippen LogP contribution is -2.11. The van der Waals surface area contributed by atoms with E-state index in [1.54, 1.807) is 12.1 Å². The molecule has 1 amide bonds. The smallest absolute Gasteiger partial charge is 0.257 e. The summed E-state index contributed by atoms with van der Waals surface area (Å²) in [6.07, 6.45) is 0.813. The van der Waals surface area contributed by atoms with Crippen molar-refractivity contribution >= 4 is 45.6 Å². The second kappa shape index (κ2) is 6.30. The average Bonchev–Trinajstić information content (AvgIpc) is 2.77. The predicted molar refractivity (Wildman–Crippen MR) is 87.5 cm³/mol. The van der Waals surface area contributed by atoms with Crippen molar-refractivity contribution in [3.05, 3.63) is 38.8 Å². The van der Waals surface area contributed by atoms with Crippen molar-refractivity contribution in [2.24, 2.45) is 5.41 Å². The Bertz CT molecular complexity index is 664. The van der Waals surface area contributed by atoms with Gasteiger partial charge in [-0.25, -0.2) is 0 Å². The van der Waals surface area contributed by atoms with Crippen LogP contribution in [0.4, 0.5) is 5.13 Å². The zero-order chi connectivity index (χ0) is 15.6. The fraction of sp³-hybridized carbons (Fsp3) is 0.357. The lowest BCUT2D eigenvalue weighted by atomic mass is 9.93. The monoisotopic (exact) mass is 343 g/mol. The Morgan fingerprint density at radius 1 is 1.24 bits per heavy atom. The Labute approximate surface area is 137 Å². The summed E-state index contributed by atoms with van der Waals surface area (Å²) in [5, 5.41) is 12.9. The molecule has 1 aromatic heterocycles. The third kappa shape index (κ3) is 4.66. The molecular weight excluding hydrogens is 329 g/mol. The fourth-order valence-corrected chi connectivity index (χ4v) is 2.97. The number of nitrogens with one attached hydrogen (secondary N) is 1. The fourth-order valence-electron chi connectivity index (χ4n) is 1.64. The van der Waals surface area contributed by atoms with Gasteiger partial charge in [-0.15, -0.1) is 10.2 Å². The van der Waals surface area contributed by atoms with Crippen molar-refractivity contribution in [1.29, 1.82) is 0 Å². The molecule has 0 bridgehead atoms. The molecule has 21 heavy (non-hydrogen) atoms. The molecule has 0 aliphatic heterocycles. The first-order chi connectivity index (χ1) is 9.74. The number of amides is 1. The highest BCUT2D eigenvalue weighted by Gasteiger charge is 2.16. The van der Waals surface area contributed by atoms with E-state index < -0.39 is 0 Å². The highest BCUT2D eigenvalue weighted by Crippen LogP contribution is 2.26. The molecule has 0 unspecified atom stereocenters. The van der Waals surface area contributed by atoms with Gasteiger partial charge in [0.05, 0.1) is 10.0 Å². The third-order valence-electron chi connectivity index (χ3n) is 2.55. The maximum Gasteiger partial charge on any atom is 0.257 e. The number of carbonyl (C=O) groups is 1. The van der Waals surface area contributed by atoms with Crippen molar-refractivity contribution in [2.45, 2.75) is 27.2 Å². The van der Waals surface area contributed by atoms with Gasteiger partial charge in [0.15, 0.2) is 0 Å². The van der Waals surface area contributed by atoms with Crippen LogP contribution in [0, 0.1) is 5.41 Å². The van der Waals surface area contributed by atoms with Crippen LogP contribution in [-0.2, 0) is 6.42 Å². The molecule has 0 saturated heterocycles. The van der Waals surface area contributed by atoms with Crippen molar-refractivity contribution in [3.8, 4) is 0 Å². The van der Waals surface area contributed by atoms with Crippen LogP contribution in [0.3, 0.4) is 0 Å². The molecule has 1 aromatic carbocycles. The molecule has 0 atom stereocenters. The highest BCUT2D eigenvalue weighted by molar-refractivity contribution is 7.15. The van der Waals surface area contributed by atoms with Crippen molar-refractivity contribution in [1.82, 2.24) is 10.2 Å². The Morgan fingerprint density at radius 2 is 1.95 bits per heavy atom. The van der Waals surface area contributed by atoms with Crippen LogP contribution in [-0.4, -0.2) is 16.1 Å². The van der Waals surface area contributed by atoms with E-state index in [9.17, 15) is 4.79 Å². The SMILES string of the molecule is CC(C)(C)Cc1nnc(NC(=O)c2ccc(Cl)c(Cl)c2)s1. The van der Waals surface area contributed by atoms with Gasteiger partial charge in [-0.1, -0.05) is 55.3 Å². The van der Waals surface area contributed by atoms with Crippen LogP contribution in [0.15, 0.2) is 18.2 Å². The molecule has 0 spiro atoms. The minimum atomic E-state index is -0.285. The zero-order valence-corrected chi connectivity index (χ0v) is 14.2. The van der Waals surface area contributed by atoms with E-state index in [-0.39, 0.29) is 11.3 Å². The second-order valence-corrected chi connectivity index (χ2v) is 7.70. The van der Waals surface area contributed by atoms with Crippen molar-refractivity contribution < 1.29 is 4.79 Å². The van der Waals surface area contributed by atoms with E-state index in [4.69, 9.17) is 23.2 Å². The van der Waals surface area contributed by atoms with Gasteiger partial charge in [0.25, 0.3) is 5.91 Å². The Kier molecular flexibility index (Phi) is 4.86. The molecule has 112 valence electrons. The molecule has 0 saturated carbocycles. The predicted octanol–water partition coefficient (Wildman–Crippen LogP) is 4.69. The van der Waals surface area contributed by atoms with E-state index in [0.29, 0.717) is 20.7 Å². The minimum Gasteiger partial charge on any atom is -0.296 e. The van der Waals surface area contributed by atoms with Gasteiger partial charge in [-0.05, 0) is 23.6 Å². The molecule has 0 aliphatic carbocycles. The van der Waals surface area contributed by atoms with Gasteiger partial charge >= 0.3 is 0 Å². The molecule has 2 aromatic rings. The number of benzene rings is 1. The summed E-state index contributed by atoms with van der Waals surface area (Å²) < 4.78 is 0. The summed E-state index contributed by atoms with van der Waals surface area (Å²) in [7, 11) is 0. The maximum atomic E-state index is 12.1. The van der Waals surface area contributed by atoms with Crippen LogP contribution < -0.4 is 5.32 Å². The molecule has 1 N–H and O–H groups in total. The first-order valence-electron chi connectivity index (χ1n) is 6.33. The van der Waals surface area contributed by atoms with Crippen LogP contribution in [0.1, 0.15) is 36.1 Å². The molecule has 4 nitrogen and oxygen atoms in total. The maximum absolute atomic E-state index is 12.1. The topological polar surface area (TPSA) is 54.9 Å². The van der Waals surface area contributed by atoms with Crippen LogP contribution in [0.25, 0.3) is 0 Å². The summed E-state index contributed by atoms with van der Waals surface area (Å²) in [6.45, 7) is 6.38. The number of nitrogens with zero attached hydrogens (tertiary/aromatic N) is 2. The largest absolute Gasteiger partial charge is 0.296 e. The minimum absolute atomic E-state index is 0.129. The normalized spacial score (nSPS) is 11.5. The lowest BCUT2D eigenvalue weighted by Gasteiger charge is -2.14. The Balaban J connectivity index is 2.07. The number of hydrogen-bond donors (Lipinski definition) is 1. The van der Waals surface area contributed by atoms with E-state index >= 15 is 0 Å². The Hall–Kier alpha value is -1.17. The standard InChI is InChI=1S/C14H15Cl2N3OS/c1-14(2,3)7-11-18-19-13(21-11)17-12(20)8-4-5-9(15)10(16)6-8/h4-6H,7H2,1-3H3,(H,17,19,20). The van der Waals surface area contributed by atoms with Gasteiger partial charge in [0.1, 0.15) is 5.01 Å². The van der Waals surface area contributed by atoms with Gasteiger partial charge in [0.2, 0.25) is 5.13 Å². The van der Waals surface area contributed by atoms with E-state index in [1.165, 1.54) is 17.4 Å². The first-order valence-corrected chi connectivity index (χ1v) is 7.91. The number of halogens is 2. The number of aromatic nitrogens is 2. The van der Waals surface area contributed by atoms with Gasteiger partial charge in [0, 0.05) is 12.0 Å². The Morgan fingerprint density at radius 3 is 2.57 bits per heavy atom. The third-order valence-corrected chi connectivity index (χ3v) is 4.13. The van der Waals surface area contributed by atoms with Gasteiger partial charge in [-0.2, -0.15) is 0 Å². The summed E-state index contributed by atoms with van der Waals surface area (Å²) >= 11 is 13.1. The number of anilines is 1. The molecule has 2 rings (SSSR count). The highest BCUT2D eigenvalue weighted by atomic mass is 35.5. The van der Waals surface area contributed by atoms with E-state index in [0.717, 1.165) is 11.4 Å². The van der Waals surface area contributed by atoms with Crippen LogP contribution in [0.5, 0.6) is 0 Å². The molecule has 1 heterocycles. The number of hydrogen-bond acceptors (Lipinski definition) is 4.